The normalized spacial score (nSPS) is 19.7. The smallest absolute Gasteiger partial charge is 0.337 e. The van der Waals surface area contributed by atoms with E-state index < -0.39 is 47.7 Å². The second-order valence-electron chi connectivity index (χ2n) is 5.54. The first-order valence-corrected chi connectivity index (χ1v) is 7.07. The van der Waals surface area contributed by atoms with Gasteiger partial charge in [0.2, 0.25) is 0 Å². The Morgan fingerprint density at radius 3 is 2.09 bits per heavy atom. The molecule has 8 nitrogen and oxygen atoms in total. The monoisotopic (exact) mass is 316 g/mol. The third kappa shape index (κ3) is 4.27. The second-order valence-corrected chi connectivity index (χ2v) is 5.54. The van der Waals surface area contributed by atoms with E-state index in [-0.39, 0.29) is 0 Å². The number of rotatable bonds is 7. The summed E-state index contributed by atoms with van der Waals surface area (Å²) in [6.45, 7) is 0.919. The van der Waals surface area contributed by atoms with E-state index in [1.165, 1.54) is 0 Å². The molecule has 1 saturated carbocycles. The Kier molecular flexibility index (Phi) is 6.04. The summed E-state index contributed by atoms with van der Waals surface area (Å²) < 4.78 is 5.12. The molecule has 2 atom stereocenters. The Bertz CT molecular complexity index is 465. The summed E-state index contributed by atoms with van der Waals surface area (Å²) in [4.78, 5) is 45.8. The van der Waals surface area contributed by atoms with Gasteiger partial charge in [0.1, 0.15) is 11.9 Å². The van der Waals surface area contributed by atoms with Gasteiger partial charge < -0.3 is 20.1 Å². The summed E-state index contributed by atoms with van der Waals surface area (Å²) in [5.41, 5.74) is -3.02. The van der Waals surface area contributed by atoms with Crippen LogP contribution < -0.4 is 0 Å². The second kappa shape index (κ2) is 7.35. The Balaban J connectivity index is 2.98. The maximum Gasteiger partial charge on any atom is 0.337 e. The van der Waals surface area contributed by atoms with Gasteiger partial charge in [0.25, 0.3) is 0 Å². The zero-order valence-electron chi connectivity index (χ0n) is 12.3. The van der Waals surface area contributed by atoms with Crippen molar-refractivity contribution in [3.05, 3.63) is 0 Å². The van der Waals surface area contributed by atoms with Gasteiger partial charge in [-0.25, -0.2) is 4.79 Å². The van der Waals surface area contributed by atoms with E-state index in [0.29, 0.717) is 12.8 Å². The maximum atomic E-state index is 12.1. The van der Waals surface area contributed by atoms with Crippen LogP contribution in [0.2, 0.25) is 0 Å². The van der Waals surface area contributed by atoms with Gasteiger partial charge in [-0.3, -0.25) is 14.4 Å². The van der Waals surface area contributed by atoms with Gasteiger partial charge in [-0.1, -0.05) is 6.42 Å². The van der Waals surface area contributed by atoms with E-state index in [0.717, 1.165) is 26.2 Å². The third-order valence-electron chi connectivity index (χ3n) is 3.75. The van der Waals surface area contributed by atoms with Crippen LogP contribution in [0.1, 0.15) is 45.4 Å². The summed E-state index contributed by atoms with van der Waals surface area (Å²) in [6.07, 6.45) is 2.18. The molecule has 3 N–H and O–H groups in total. The average molecular weight is 316 g/mol. The quantitative estimate of drug-likeness (QED) is 0.452. The van der Waals surface area contributed by atoms with Crippen molar-refractivity contribution < 1.29 is 39.2 Å². The molecule has 1 rings (SSSR count). The molecule has 22 heavy (non-hydrogen) atoms. The lowest BCUT2D eigenvalue weighted by Gasteiger charge is -2.30. The van der Waals surface area contributed by atoms with Gasteiger partial charge in [0, 0.05) is 0 Å². The summed E-state index contributed by atoms with van der Waals surface area (Å²) >= 11 is 0. The molecule has 0 saturated heterocycles. The fraction of sp³-hybridized carbons (Fsp3) is 0.714. The number of aliphatic carboxylic acids is 2. The summed E-state index contributed by atoms with van der Waals surface area (Å²) in [6, 6.07) is 0. The topological polar surface area (TPSA) is 138 Å². The highest BCUT2D eigenvalue weighted by molar-refractivity contribution is 6.05. The van der Waals surface area contributed by atoms with Crippen molar-refractivity contribution in [2.45, 2.75) is 57.2 Å². The number of carboxylic acid groups (broad SMARTS) is 2. The molecule has 0 aliphatic heterocycles. The highest BCUT2D eigenvalue weighted by Crippen LogP contribution is 2.28. The molecule has 1 aliphatic rings. The first-order chi connectivity index (χ1) is 10.2. The predicted octanol–water partition coefficient (Wildman–Crippen LogP) is 0.358. The Morgan fingerprint density at radius 1 is 1.14 bits per heavy atom. The zero-order chi connectivity index (χ0) is 16.9. The molecule has 0 heterocycles. The highest BCUT2D eigenvalue weighted by Gasteiger charge is 2.53. The Labute approximate surface area is 127 Å². The van der Waals surface area contributed by atoms with Gasteiger partial charge in [0.15, 0.2) is 11.5 Å². The fourth-order valence-corrected chi connectivity index (χ4v) is 2.64. The van der Waals surface area contributed by atoms with E-state index >= 15 is 0 Å². The van der Waals surface area contributed by atoms with Crippen LogP contribution >= 0.6 is 0 Å². The molecule has 0 amide bonds. The maximum absolute atomic E-state index is 12.1. The molecule has 0 spiro atoms. The number of aliphatic hydroxyl groups is 1. The molecular weight excluding hydrogens is 296 g/mol. The van der Waals surface area contributed by atoms with Crippen LogP contribution in [0.25, 0.3) is 0 Å². The number of carboxylic acids is 2. The minimum atomic E-state index is -3.02. The lowest BCUT2D eigenvalue weighted by molar-refractivity contribution is -0.185. The molecule has 1 aliphatic carbocycles. The minimum Gasteiger partial charge on any atom is -0.481 e. The van der Waals surface area contributed by atoms with Gasteiger partial charge in [0.05, 0.1) is 6.42 Å². The highest BCUT2D eigenvalue weighted by atomic mass is 16.5. The van der Waals surface area contributed by atoms with E-state index in [1.54, 1.807) is 0 Å². The zero-order valence-corrected chi connectivity index (χ0v) is 12.3. The SMILES string of the molecule is CC(=O)C(C(=O)OC1CCCCC1)C(O)(CC(=O)O)C(=O)O. The number of carbonyl (C=O) groups is 4. The molecule has 0 aromatic heterocycles. The number of hydrogen-bond donors (Lipinski definition) is 3. The largest absolute Gasteiger partial charge is 0.481 e. The number of Topliss-reactive ketones (excluding diaryl/α,β-unsaturated/α-hetero) is 1. The van der Waals surface area contributed by atoms with E-state index in [9.17, 15) is 24.3 Å². The van der Waals surface area contributed by atoms with Crippen molar-refractivity contribution in [1.82, 2.24) is 0 Å². The van der Waals surface area contributed by atoms with Crippen LogP contribution in [0.4, 0.5) is 0 Å². The van der Waals surface area contributed by atoms with Crippen LogP contribution in [0, 0.1) is 5.92 Å². The van der Waals surface area contributed by atoms with Crippen molar-refractivity contribution in [2.24, 2.45) is 5.92 Å². The van der Waals surface area contributed by atoms with Crippen LogP contribution in [0.3, 0.4) is 0 Å². The number of carbonyl (C=O) groups excluding carboxylic acids is 2. The molecule has 2 unspecified atom stereocenters. The van der Waals surface area contributed by atoms with Crippen molar-refractivity contribution in [3.63, 3.8) is 0 Å². The van der Waals surface area contributed by atoms with Gasteiger partial charge >= 0.3 is 17.9 Å². The van der Waals surface area contributed by atoms with Crippen LogP contribution in [0.5, 0.6) is 0 Å². The number of ether oxygens (including phenoxy) is 1. The molecule has 0 aromatic carbocycles. The number of esters is 1. The van der Waals surface area contributed by atoms with Crippen molar-refractivity contribution in [1.29, 1.82) is 0 Å². The summed E-state index contributed by atoms with van der Waals surface area (Å²) in [5, 5.41) is 27.9. The first kappa shape index (κ1) is 18.1. The summed E-state index contributed by atoms with van der Waals surface area (Å²) in [7, 11) is 0. The van der Waals surface area contributed by atoms with Crippen molar-refractivity contribution in [3.8, 4) is 0 Å². The van der Waals surface area contributed by atoms with E-state index in [1.807, 2.05) is 0 Å². The number of ketones is 1. The van der Waals surface area contributed by atoms with Gasteiger partial charge in [-0.15, -0.1) is 0 Å². The number of hydrogen-bond acceptors (Lipinski definition) is 6. The molecule has 0 radical (unpaired) electrons. The lowest BCUT2D eigenvalue weighted by atomic mass is 9.81. The van der Waals surface area contributed by atoms with E-state index in [4.69, 9.17) is 14.9 Å². The standard InChI is InChI=1S/C14H20O8/c1-8(15)11(14(21,13(19)20)7-10(16)17)12(18)22-9-5-3-2-4-6-9/h9,11,21H,2-7H2,1H3,(H,16,17)(H,19,20). The van der Waals surface area contributed by atoms with Crippen LogP contribution in [-0.4, -0.2) is 50.7 Å². The molecule has 124 valence electrons. The average Bonchev–Trinajstić information content (AvgIpc) is 2.38. The van der Waals surface area contributed by atoms with Gasteiger partial charge in [-0.05, 0) is 32.6 Å². The minimum absolute atomic E-state index is 0.439. The van der Waals surface area contributed by atoms with Crippen molar-refractivity contribution in [2.75, 3.05) is 0 Å². The Hall–Kier alpha value is -1.96. The predicted molar refractivity (Wildman–Crippen MR) is 72.0 cm³/mol. The third-order valence-corrected chi connectivity index (χ3v) is 3.75. The van der Waals surface area contributed by atoms with Crippen LogP contribution in [0.15, 0.2) is 0 Å². The molecule has 0 aromatic rings. The molecule has 8 heteroatoms. The Morgan fingerprint density at radius 2 is 1.68 bits per heavy atom. The van der Waals surface area contributed by atoms with Crippen LogP contribution in [-0.2, 0) is 23.9 Å². The molecule has 0 bridgehead atoms. The van der Waals surface area contributed by atoms with Gasteiger partial charge in [-0.2, -0.15) is 0 Å². The van der Waals surface area contributed by atoms with Crippen molar-refractivity contribution >= 4 is 23.7 Å². The molecular formula is C14H20O8. The summed E-state index contributed by atoms with van der Waals surface area (Å²) in [5.74, 6) is -7.79. The van der Waals surface area contributed by atoms with E-state index in [2.05, 4.69) is 0 Å². The fourth-order valence-electron chi connectivity index (χ4n) is 2.64. The first-order valence-electron chi connectivity index (χ1n) is 7.07. The lowest BCUT2D eigenvalue weighted by Crippen LogP contribution is -2.54. The molecule has 1 fully saturated rings.